The number of nitrogens with one attached hydrogen (secondary N) is 1. The number of benzene rings is 2. The van der Waals surface area contributed by atoms with Gasteiger partial charge < -0.3 is 10.1 Å². The molecule has 4 rings (SSSR count). The van der Waals surface area contributed by atoms with E-state index in [0.29, 0.717) is 22.3 Å². The predicted octanol–water partition coefficient (Wildman–Crippen LogP) is 5.84. The van der Waals surface area contributed by atoms with Crippen LogP contribution < -0.4 is 10.1 Å². The van der Waals surface area contributed by atoms with Crippen molar-refractivity contribution in [1.82, 2.24) is 15.2 Å². The number of rotatable bonds is 5. The van der Waals surface area contributed by atoms with Crippen molar-refractivity contribution in [3.63, 3.8) is 0 Å². The van der Waals surface area contributed by atoms with Crippen molar-refractivity contribution in [2.75, 3.05) is 11.1 Å². The summed E-state index contributed by atoms with van der Waals surface area (Å²) in [5, 5.41) is 12.6. The molecule has 0 aliphatic carbocycles. The third kappa shape index (κ3) is 4.12. The second kappa shape index (κ2) is 8.45. The highest BCUT2D eigenvalue weighted by atomic mass is 79.9. The van der Waals surface area contributed by atoms with E-state index in [1.807, 2.05) is 24.3 Å². The normalized spacial score (nSPS) is 15.0. The second-order valence-corrected chi connectivity index (χ2v) is 8.32. The molecule has 1 aromatic heterocycles. The zero-order valence-electron chi connectivity index (χ0n) is 15.2. The first-order valence-electron chi connectivity index (χ1n) is 9.00. The van der Waals surface area contributed by atoms with Crippen molar-refractivity contribution < 1.29 is 9.13 Å². The maximum absolute atomic E-state index is 13.8. The van der Waals surface area contributed by atoms with Crippen LogP contribution in [0.5, 0.6) is 5.88 Å². The molecule has 1 aliphatic heterocycles. The molecule has 1 N–H and O–H groups in total. The molecule has 3 aromatic rings. The van der Waals surface area contributed by atoms with Crippen LogP contribution in [0, 0.1) is 5.82 Å². The van der Waals surface area contributed by atoms with Gasteiger partial charge in [-0.25, -0.2) is 4.39 Å². The summed E-state index contributed by atoms with van der Waals surface area (Å²) in [5.74, 6) is 0.984. The number of hydrogen-bond donors (Lipinski definition) is 1. The lowest BCUT2D eigenvalue weighted by atomic mass is 10.1. The summed E-state index contributed by atoms with van der Waals surface area (Å²) in [7, 11) is 0. The Balaban J connectivity index is 1.77. The monoisotopic (exact) mass is 460 g/mol. The fourth-order valence-corrected chi connectivity index (χ4v) is 4.08. The smallest absolute Gasteiger partial charge is 0.247 e. The molecule has 28 heavy (non-hydrogen) atoms. The Hall–Kier alpha value is -2.19. The highest BCUT2D eigenvalue weighted by molar-refractivity contribution is 9.10. The Kier molecular flexibility index (Phi) is 5.77. The summed E-state index contributed by atoms with van der Waals surface area (Å²) >= 11 is 5.06. The lowest BCUT2D eigenvalue weighted by Crippen LogP contribution is -2.17. The van der Waals surface area contributed by atoms with Gasteiger partial charge in [0, 0.05) is 27.0 Å². The van der Waals surface area contributed by atoms with E-state index in [0.717, 1.165) is 34.3 Å². The molecule has 144 valence electrons. The maximum atomic E-state index is 13.8. The van der Waals surface area contributed by atoms with Crippen LogP contribution in [0.4, 0.5) is 10.1 Å². The predicted molar refractivity (Wildman–Crippen MR) is 112 cm³/mol. The first-order valence-corrected chi connectivity index (χ1v) is 10.8. The minimum absolute atomic E-state index is 0.319. The van der Waals surface area contributed by atoms with Crippen LogP contribution in [-0.4, -0.2) is 20.9 Å². The molecule has 0 saturated carbocycles. The lowest BCUT2D eigenvalue weighted by molar-refractivity contribution is 0.225. The third-order valence-corrected chi connectivity index (χ3v) is 5.69. The second-order valence-electron chi connectivity index (χ2n) is 6.34. The number of hydrogen-bond acceptors (Lipinski definition) is 6. The zero-order valence-corrected chi connectivity index (χ0v) is 17.6. The fourth-order valence-electron chi connectivity index (χ4n) is 2.86. The van der Waals surface area contributed by atoms with Gasteiger partial charge in [0.05, 0.1) is 0 Å². The van der Waals surface area contributed by atoms with Crippen molar-refractivity contribution >= 4 is 33.4 Å². The molecule has 2 heterocycles. The van der Waals surface area contributed by atoms with Crippen molar-refractivity contribution in [1.29, 1.82) is 0 Å². The van der Waals surface area contributed by atoms with Gasteiger partial charge in [-0.2, -0.15) is 4.98 Å². The maximum Gasteiger partial charge on any atom is 0.247 e. The van der Waals surface area contributed by atoms with Gasteiger partial charge in [0.25, 0.3) is 0 Å². The van der Waals surface area contributed by atoms with E-state index >= 15 is 0 Å². The van der Waals surface area contributed by atoms with Crippen molar-refractivity contribution in [2.45, 2.75) is 31.1 Å². The van der Waals surface area contributed by atoms with Crippen LogP contribution in [0.15, 0.2) is 52.1 Å². The van der Waals surface area contributed by atoms with Gasteiger partial charge in [0.15, 0.2) is 11.9 Å². The average molecular weight is 461 g/mol. The number of thioether (sulfide) groups is 1. The van der Waals surface area contributed by atoms with Crippen LogP contribution in [-0.2, 0) is 0 Å². The van der Waals surface area contributed by atoms with E-state index in [9.17, 15) is 4.39 Å². The van der Waals surface area contributed by atoms with Gasteiger partial charge in [0.2, 0.25) is 11.0 Å². The molecule has 1 atom stereocenters. The number of unbranched alkanes of at least 4 members (excludes halogenated alkanes) is 1. The molecule has 0 amide bonds. The van der Waals surface area contributed by atoms with E-state index in [2.05, 4.69) is 43.4 Å². The zero-order chi connectivity index (χ0) is 19.5. The number of fused-ring (bicyclic) bond motifs is 3. The number of anilines is 1. The number of ether oxygens (including phenoxy) is 1. The number of aromatic nitrogens is 3. The van der Waals surface area contributed by atoms with Gasteiger partial charge in [-0.05, 0) is 36.8 Å². The molecule has 0 radical (unpaired) electrons. The largest absolute Gasteiger partial charge is 0.448 e. The van der Waals surface area contributed by atoms with E-state index in [1.54, 1.807) is 17.8 Å². The quantitative estimate of drug-likeness (QED) is 0.381. The van der Waals surface area contributed by atoms with Gasteiger partial charge in [-0.1, -0.05) is 53.2 Å². The van der Waals surface area contributed by atoms with Gasteiger partial charge >= 0.3 is 0 Å². The lowest BCUT2D eigenvalue weighted by Gasteiger charge is -2.19. The summed E-state index contributed by atoms with van der Waals surface area (Å²) in [6, 6.07) is 12.1. The molecular formula is C20H18BrFN4OS. The minimum Gasteiger partial charge on any atom is -0.448 e. The summed E-state index contributed by atoms with van der Waals surface area (Å²) in [4.78, 5) is 4.59. The van der Waals surface area contributed by atoms with Crippen molar-refractivity contribution in [3.05, 3.63) is 58.3 Å². The Labute approximate surface area is 175 Å². The van der Waals surface area contributed by atoms with E-state index in [1.165, 1.54) is 12.1 Å². The molecule has 5 nitrogen and oxygen atoms in total. The Morgan fingerprint density at radius 3 is 2.93 bits per heavy atom. The highest BCUT2D eigenvalue weighted by Gasteiger charge is 2.26. The molecule has 0 fully saturated rings. The first kappa shape index (κ1) is 19.1. The van der Waals surface area contributed by atoms with Crippen LogP contribution in [0.2, 0.25) is 0 Å². The Morgan fingerprint density at radius 1 is 1.21 bits per heavy atom. The van der Waals surface area contributed by atoms with Crippen LogP contribution in [0.1, 0.15) is 31.6 Å². The molecule has 0 saturated heterocycles. The molecular weight excluding hydrogens is 443 g/mol. The molecule has 1 aliphatic rings. The Bertz CT molecular complexity index is 1000. The first-order chi connectivity index (χ1) is 13.6. The van der Waals surface area contributed by atoms with Crippen LogP contribution >= 0.6 is 27.7 Å². The number of halogens is 2. The third-order valence-electron chi connectivity index (χ3n) is 4.27. The molecule has 2 aromatic carbocycles. The topological polar surface area (TPSA) is 59.9 Å². The van der Waals surface area contributed by atoms with E-state index in [4.69, 9.17) is 4.74 Å². The van der Waals surface area contributed by atoms with Crippen LogP contribution in [0.25, 0.3) is 11.3 Å². The summed E-state index contributed by atoms with van der Waals surface area (Å²) in [6.45, 7) is 2.14. The molecule has 0 bridgehead atoms. The molecule has 8 heteroatoms. The SMILES string of the molecule is CCCCSc1nnc2c(n1)O[C@H](c1cccc(F)c1)Nc1ccc(Br)cc1-2. The Morgan fingerprint density at radius 2 is 2.11 bits per heavy atom. The van der Waals surface area contributed by atoms with Crippen molar-refractivity contribution in [3.8, 4) is 17.1 Å². The van der Waals surface area contributed by atoms with E-state index in [-0.39, 0.29) is 5.82 Å². The minimum atomic E-state index is -0.595. The summed E-state index contributed by atoms with van der Waals surface area (Å²) < 4.78 is 20.8. The molecule has 0 unspecified atom stereocenters. The fraction of sp³-hybridized carbons (Fsp3) is 0.250. The summed E-state index contributed by atoms with van der Waals surface area (Å²) in [6.07, 6.45) is 1.59. The highest BCUT2D eigenvalue weighted by Crippen LogP contribution is 2.40. The van der Waals surface area contributed by atoms with Gasteiger partial charge in [-0.3, -0.25) is 0 Å². The van der Waals surface area contributed by atoms with E-state index < -0.39 is 6.23 Å². The summed E-state index contributed by atoms with van der Waals surface area (Å²) in [5.41, 5.74) is 2.87. The van der Waals surface area contributed by atoms with Crippen LogP contribution in [0.3, 0.4) is 0 Å². The number of nitrogens with zero attached hydrogens (tertiary/aromatic N) is 3. The van der Waals surface area contributed by atoms with Crippen molar-refractivity contribution in [2.24, 2.45) is 0 Å². The standard InChI is InChI=1S/C20H18BrFN4OS/c1-2-3-9-28-20-24-19-17(25-26-20)15-11-13(21)7-8-16(15)23-18(27-19)12-5-4-6-14(22)10-12/h4-8,10-11,18,23H,2-3,9H2,1H3/t18-/m1/s1. The van der Waals surface area contributed by atoms with Gasteiger partial charge in [0.1, 0.15) is 5.82 Å². The molecule has 0 spiro atoms. The van der Waals surface area contributed by atoms with Gasteiger partial charge in [-0.15, -0.1) is 10.2 Å². The average Bonchev–Trinajstić information content (AvgIpc) is 2.84.